The molecule has 0 aliphatic heterocycles. The number of carbonyl (C=O) groups is 1. The highest BCUT2D eigenvalue weighted by Gasteiger charge is 2.03. The van der Waals surface area contributed by atoms with E-state index in [1.165, 1.54) is 6.07 Å². The molecule has 1 amide bonds. The Kier molecular flexibility index (Phi) is 3.28. The van der Waals surface area contributed by atoms with Crippen LogP contribution in [0.2, 0.25) is 0 Å². The van der Waals surface area contributed by atoms with Gasteiger partial charge in [0.15, 0.2) is 0 Å². The van der Waals surface area contributed by atoms with Gasteiger partial charge in [-0.2, -0.15) is 0 Å². The number of nitrogen functional groups attached to an aromatic ring is 1. The van der Waals surface area contributed by atoms with E-state index < -0.39 is 11.9 Å². The second kappa shape index (κ2) is 4.45. The first kappa shape index (κ1) is 10.3. The summed E-state index contributed by atoms with van der Waals surface area (Å²) in [6, 6.07) is 4.36. The number of benzene rings is 1. The van der Waals surface area contributed by atoms with Crippen molar-refractivity contribution in [1.29, 1.82) is 0 Å². The van der Waals surface area contributed by atoms with Crippen LogP contribution in [0.4, 0.5) is 14.9 Å². The fraction of sp³-hybridized carbons (Fsp3) is 0.222. The van der Waals surface area contributed by atoms with Gasteiger partial charge in [0.2, 0.25) is 0 Å². The molecule has 1 aromatic rings. The van der Waals surface area contributed by atoms with Crippen LogP contribution < -0.4 is 11.5 Å². The number of nitrogens with two attached hydrogens (primary N) is 2. The van der Waals surface area contributed by atoms with Crippen molar-refractivity contribution in [3.63, 3.8) is 0 Å². The quantitative estimate of drug-likeness (QED) is 0.712. The van der Waals surface area contributed by atoms with E-state index >= 15 is 0 Å². The first-order valence-corrected chi connectivity index (χ1v) is 4.05. The van der Waals surface area contributed by atoms with Crippen molar-refractivity contribution in [2.45, 2.75) is 6.42 Å². The summed E-state index contributed by atoms with van der Waals surface area (Å²) in [7, 11) is 0. The number of anilines is 1. The lowest BCUT2D eigenvalue weighted by Crippen LogP contribution is -2.15. The standard InChI is InChI=1S/C9H11FN2O2/c10-8-5-7(11)2-1-6(8)3-4-14-9(12)13/h1-2,5H,3-4,11H2,(H2,12,13). The summed E-state index contributed by atoms with van der Waals surface area (Å²) in [5.74, 6) is -0.405. The highest BCUT2D eigenvalue weighted by molar-refractivity contribution is 5.64. The molecule has 0 aliphatic rings. The molecule has 76 valence electrons. The molecule has 0 saturated heterocycles. The molecule has 0 fully saturated rings. The Morgan fingerprint density at radius 1 is 1.50 bits per heavy atom. The number of hydrogen-bond acceptors (Lipinski definition) is 3. The Morgan fingerprint density at radius 3 is 2.79 bits per heavy atom. The average Bonchev–Trinajstić information content (AvgIpc) is 2.08. The molecule has 1 rings (SSSR count). The third-order valence-electron chi connectivity index (χ3n) is 1.69. The van der Waals surface area contributed by atoms with Crippen molar-refractivity contribution in [3.05, 3.63) is 29.6 Å². The molecule has 0 heterocycles. The lowest BCUT2D eigenvalue weighted by Gasteiger charge is -2.03. The van der Waals surface area contributed by atoms with Crippen molar-refractivity contribution in [2.24, 2.45) is 5.73 Å². The van der Waals surface area contributed by atoms with E-state index in [2.05, 4.69) is 4.74 Å². The van der Waals surface area contributed by atoms with Gasteiger partial charge in [0, 0.05) is 12.1 Å². The third-order valence-corrected chi connectivity index (χ3v) is 1.69. The van der Waals surface area contributed by atoms with Gasteiger partial charge in [0.05, 0.1) is 6.61 Å². The van der Waals surface area contributed by atoms with E-state index in [1.807, 2.05) is 0 Å². The molecule has 0 radical (unpaired) electrons. The molecule has 0 aromatic heterocycles. The molecule has 4 nitrogen and oxygen atoms in total. The third kappa shape index (κ3) is 2.93. The summed E-state index contributed by atoms with van der Waals surface area (Å²) in [5, 5.41) is 0. The van der Waals surface area contributed by atoms with E-state index in [-0.39, 0.29) is 13.0 Å². The molecule has 0 aliphatic carbocycles. The molecule has 1 aromatic carbocycles. The van der Waals surface area contributed by atoms with E-state index in [9.17, 15) is 9.18 Å². The normalized spacial score (nSPS) is 9.79. The van der Waals surface area contributed by atoms with Gasteiger partial charge in [-0.3, -0.25) is 0 Å². The van der Waals surface area contributed by atoms with Crippen LogP contribution >= 0.6 is 0 Å². The molecule has 0 atom stereocenters. The van der Waals surface area contributed by atoms with Crippen LogP contribution in [0.3, 0.4) is 0 Å². The molecule has 0 unspecified atom stereocenters. The summed E-state index contributed by atoms with van der Waals surface area (Å²) in [5.41, 5.74) is 10.9. The first-order valence-electron chi connectivity index (χ1n) is 4.05. The smallest absolute Gasteiger partial charge is 0.404 e. The maximum Gasteiger partial charge on any atom is 0.404 e. The van der Waals surface area contributed by atoms with Crippen LogP contribution in [0.1, 0.15) is 5.56 Å². The molecule has 4 N–H and O–H groups in total. The number of amides is 1. The van der Waals surface area contributed by atoms with E-state index in [0.717, 1.165) is 0 Å². The zero-order valence-corrected chi connectivity index (χ0v) is 7.50. The molecular formula is C9H11FN2O2. The summed E-state index contributed by atoms with van der Waals surface area (Å²) in [4.78, 5) is 10.2. The van der Waals surface area contributed by atoms with Crippen LogP contribution in [-0.4, -0.2) is 12.7 Å². The van der Waals surface area contributed by atoms with E-state index in [4.69, 9.17) is 11.5 Å². The predicted octanol–water partition coefficient (Wildman–Crippen LogP) is 1.05. The van der Waals surface area contributed by atoms with Gasteiger partial charge < -0.3 is 16.2 Å². The minimum atomic E-state index is -0.860. The fourth-order valence-corrected chi connectivity index (χ4v) is 1.03. The minimum Gasteiger partial charge on any atom is -0.449 e. The highest BCUT2D eigenvalue weighted by atomic mass is 19.1. The lowest BCUT2D eigenvalue weighted by molar-refractivity contribution is 0.158. The summed E-state index contributed by atoms with van der Waals surface area (Å²) >= 11 is 0. The minimum absolute atomic E-state index is 0.0656. The Labute approximate surface area is 80.6 Å². The zero-order valence-electron chi connectivity index (χ0n) is 7.50. The Balaban J connectivity index is 2.55. The van der Waals surface area contributed by atoms with Gasteiger partial charge >= 0.3 is 6.09 Å². The van der Waals surface area contributed by atoms with Crippen molar-refractivity contribution in [2.75, 3.05) is 12.3 Å². The largest absolute Gasteiger partial charge is 0.449 e. The van der Waals surface area contributed by atoms with Crippen molar-refractivity contribution in [1.82, 2.24) is 0 Å². The van der Waals surface area contributed by atoms with E-state index in [0.29, 0.717) is 11.3 Å². The second-order valence-electron chi connectivity index (χ2n) is 2.77. The molecular weight excluding hydrogens is 187 g/mol. The Morgan fingerprint density at radius 2 is 2.21 bits per heavy atom. The molecule has 0 spiro atoms. The number of ether oxygens (including phenoxy) is 1. The maximum absolute atomic E-state index is 13.1. The Hall–Kier alpha value is -1.78. The van der Waals surface area contributed by atoms with Crippen LogP contribution in [0.25, 0.3) is 0 Å². The van der Waals surface area contributed by atoms with Crippen molar-refractivity contribution < 1.29 is 13.9 Å². The van der Waals surface area contributed by atoms with Gasteiger partial charge in [0.25, 0.3) is 0 Å². The monoisotopic (exact) mass is 198 g/mol. The van der Waals surface area contributed by atoms with Gasteiger partial charge in [-0.25, -0.2) is 9.18 Å². The predicted molar refractivity (Wildman–Crippen MR) is 50.1 cm³/mol. The fourth-order valence-electron chi connectivity index (χ4n) is 1.03. The average molecular weight is 198 g/mol. The zero-order chi connectivity index (χ0) is 10.6. The number of rotatable bonds is 3. The van der Waals surface area contributed by atoms with Crippen LogP contribution in [0, 0.1) is 5.82 Å². The molecule has 5 heteroatoms. The van der Waals surface area contributed by atoms with Gasteiger partial charge in [0.1, 0.15) is 5.82 Å². The molecule has 14 heavy (non-hydrogen) atoms. The van der Waals surface area contributed by atoms with Crippen molar-refractivity contribution >= 4 is 11.8 Å². The number of halogens is 1. The van der Waals surface area contributed by atoms with E-state index in [1.54, 1.807) is 12.1 Å². The summed E-state index contributed by atoms with van der Waals surface area (Å²) in [6.45, 7) is 0.0656. The molecule has 0 bridgehead atoms. The number of hydrogen-bond donors (Lipinski definition) is 2. The van der Waals surface area contributed by atoms with Gasteiger partial charge in [-0.05, 0) is 17.7 Å². The molecule has 0 saturated carbocycles. The SMILES string of the molecule is NC(=O)OCCc1ccc(N)cc1F. The number of primary amides is 1. The summed E-state index contributed by atoms with van der Waals surface area (Å²) < 4.78 is 17.6. The lowest BCUT2D eigenvalue weighted by atomic mass is 10.1. The highest BCUT2D eigenvalue weighted by Crippen LogP contribution is 2.12. The van der Waals surface area contributed by atoms with Gasteiger partial charge in [-0.15, -0.1) is 0 Å². The topological polar surface area (TPSA) is 78.3 Å². The first-order chi connectivity index (χ1) is 6.59. The second-order valence-corrected chi connectivity index (χ2v) is 2.77. The Bertz CT molecular complexity index is 342. The summed E-state index contributed by atoms with van der Waals surface area (Å²) in [6.07, 6.45) is -0.574. The number of carbonyl (C=O) groups excluding carboxylic acids is 1. The van der Waals surface area contributed by atoms with Gasteiger partial charge in [-0.1, -0.05) is 6.07 Å². The van der Waals surface area contributed by atoms with Crippen LogP contribution in [0.5, 0.6) is 0 Å². The van der Waals surface area contributed by atoms with Crippen LogP contribution in [-0.2, 0) is 11.2 Å². The van der Waals surface area contributed by atoms with Crippen molar-refractivity contribution in [3.8, 4) is 0 Å². The maximum atomic E-state index is 13.1. The van der Waals surface area contributed by atoms with Crippen LogP contribution in [0.15, 0.2) is 18.2 Å².